The molecule has 0 saturated carbocycles. The molecule has 0 spiro atoms. The van der Waals surface area contributed by atoms with Crippen LogP contribution in [0.15, 0.2) is 21.5 Å². The van der Waals surface area contributed by atoms with E-state index in [9.17, 15) is 8.42 Å². The van der Waals surface area contributed by atoms with Gasteiger partial charge >= 0.3 is 0 Å². The number of hydrogen-bond acceptors (Lipinski definition) is 4. The number of nitrogens with two attached hydrogens (primary N) is 1. The van der Waals surface area contributed by atoms with Crippen molar-refractivity contribution in [1.82, 2.24) is 9.84 Å². The summed E-state index contributed by atoms with van der Waals surface area (Å²) < 4.78 is 26.0. The minimum absolute atomic E-state index is 0.191. The lowest BCUT2D eigenvalue weighted by atomic mass is 10.0. The first-order valence-electron chi connectivity index (χ1n) is 7.09. The van der Waals surface area contributed by atoms with Crippen LogP contribution in [0.5, 0.6) is 0 Å². The number of sulfonamides is 1. The van der Waals surface area contributed by atoms with Gasteiger partial charge in [0.2, 0.25) is 0 Å². The number of piperidine rings is 1. The zero-order chi connectivity index (χ0) is 15.8. The number of nitrogens with zero attached hydrogens (tertiary/aromatic N) is 1. The summed E-state index contributed by atoms with van der Waals surface area (Å²) in [6.07, 6.45) is 3.12. The fraction of sp³-hybridized carbons (Fsp3) is 0.571. The monoisotopic (exact) mass is 375 g/mol. The summed E-state index contributed by atoms with van der Waals surface area (Å²) in [5, 5.41) is 1.84. The highest BCUT2D eigenvalue weighted by Gasteiger charge is 2.30. The molecule has 1 fully saturated rings. The number of hydrazine groups is 1. The summed E-state index contributed by atoms with van der Waals surface area (Å²) in [7, 11) is -3.62. The predicted octanol–water partition coefficient (Wildman–Crippen LogP) is 2.80. The Morgan fingerprint density at radius 3 is 2.43 bits per heavy atom. The Balaban J connectivity index is 2.32. The smallest absolute Gasteiger partial charge is 0.253 e. The van der Waals surface area contributed by atoms with Gasteiger partial charge < -0.3 is 5.73 Å². The molecule has 0 aromatic heterocycles. The van der Waals surface area contributed by atoms with E-state index in [1.54, 1.807) is 13.0 Å². The average Bonchev–Trinajstić information content (AvgIpc) is 2.38. The predicted molar refractivity (Wildman–Crippen MR) is 88.2 cm³/mol. The molecule has 3 N–H and O–H groups in total. The van der Waals surface area contributed by atoms with E-state index < -0.39 is 10.0 Å². The largest absolute Gasteiger partial charge is 0.398 e. The van der Waals surface area contributed by atoms with Crippen LogP contribution in [-0.4, -0.2) is 25.5 Å². The number of rotatable bonds is 3. The molecule has 1 aromatic carbocycles. The van der Waals surface area contributed by atoms with Crippen molar-refractivity contribution >= 4 is 31.6 Å². The first-order valence-corrected chi connectivity index (χ1v) is 9.36. The Morgan fingerprint density at radius 2 is 1.86 bits per heavy atom. The second-order valence-corrected chi connectivity index (χ2v) is 8.25. The van der Waals surface area contributed by atoms with Gasteiger partial charge in [0.1, 0.15) is 0 Å². The quantitative estimate of drug-likeness (QED) is 0.796. The molecule has 0 radical (unpaired) electrons. The van der Waals surface area contributed by atoms with Crippen LogP contribution < -0.4 is 10.6 Å². The minimum Gasteiger partial charge on any atom is -0.398 e. The molecule has 1 aliphatic rings. The van der Waals surface area contributed by atoms with Gasteiger partial charge in [0, 0.05) is 22.2 Å². The molecule has 21 heavy (non-hydrogen) atoms. The molecule has 1 aliphatic heterocycles. The van der Waals surface area contributed by atoms with Gasteiger partial charge in [0.15, 0.2) is 0 Å². The van der Waals surface area contributed by atoms with Crippen molar-refractivity contribution in [3.8, 4) is 0 Å². The summed E-state index contributed by atoms with van der Waals surface area (Å²) in [5.74, 6) is 0. The standard InChI is InChI=1S/C14H22BrN3O2S/c1-9-7-12(15)13(16)8-14(9)21(19,20)17-18-10(2)5-4-6-11(18)3/h7-8,10-11,17H,4-6,16H2,1-3H3. The molecule has 2 atom stereocenters. The lowest BCUT2D eigenvalue weighted by molar-refractivity contribution is 0.0790. The second-order valence-electron chi connectivity index (χ2n) is 5.77. The topological polar surface area (TPSA) is 75.4 Å². The van der Waals surface area contributed by atoms with Crippen molar-refractivity contribution in [3.63, 3.8) is 0 Å². The summed E-state index contributed by atoms with van der Waals surface area (Å²) in [5.41, 5.74) is 6.91. The third-order valence-corrected chi connectivity index (χ3v) is 6.16. The van der Waals surface area contributed by atoms with Gasteiger partial charge in [-0.25, -0.2) is 13.4 Å². The van der Waals surface area contributed by atoms with Crippen LogP contribution in [0.2, 0.25) is 0 Å². The molecule has 2 rings (SSSR count). The molecule has 1 aromatic rings. The van der Waals surface area contributed by atoms with Crippen LogP contribution in [0, 0.1) is 6.92 Å². The number of nitrogens with one attached hydrogen (secondary N) is 1. The van der Waals surface area contributed by atoms with Gasteiger partial charge in [-0.1, -0.05) is 6.42 Å². The Morgan fingerprint density at radius 1 is 1.29 bits per heavy atom. The maximum atomic E-state index is 12.7. The van der Waals surface area contributed by atoms with Crippen LogP contribution in [0.25, 0.3) is 0 Å². The van der Waals surface area contributed by atoms with E-state index in [1.807, 2.05) is 18.9 Å². The highest BCUT2D eigenvalue weighted by molar-refractivity contribution is 9.10. The molecule has 0 aliphatic carbocycles. The van der Waals surface area contributed by atoms with E-state index in [4.69, 9.17) is 5.73 Å². The first kappa shape index (κ1) is 16.7. The minimum atomic E-state index is -3.62. The second kappa shape index (κ2) is 6.24. The molecule has 0 amide bonds. The fourth-order valence-corrected chi connectivity index (χ4v) is 4.71. The van der Waals surface area contributed by atoms with Gasteiger partial charge in [-0.15, -0.1) is 4.83 Å². The SMILES string of the molecule is Cc1cc(Br)c(N)cc1S(=O)(=O)NN1C(C)CCCC1C. The summed E-state index contributed by atoms with van der Waals surface area (Å²) in [6, 6.07) is 3.61. The van der Waals surface area contributed by atoms with Crippen LogP contribution in [0.1, 0.15) is 38.7 Å². The van der Waals surface area contributed by atoms with Gasteiger partial charge in [-0.3, -0.25) is 0 Å². The molecule has 2 unspecified atom stereocenters. The number of nitrogen functional groups attached to an aromatic ring is 1. The van der Waals surface area contributed by atoms with Gasteiger partial charge in [-0.05, 0) is 67.2 Å². The van der Waals surface area contributed by atoms with Crippen LogP contribution in [0.3, 0.4) is 0 Å². The zero-order valence-electron chi connectivity index (χ0n) is 12.6. The Kier molecular flexibility index (Phi) is 4.97. The average molecular weight is 376 g/mol. The molecule has 1 heterocycles. The van der Waals surface area contributed by atoms with Crippen molar-refractivity contribution in [2.24, 2.45) is 0 Å². The van der Waals surface area contributed by atoms with Crippen molar-refractivity contribution in [2.75, 3.05) is 5.73 Å². The van der Waals surface area contributed by atoms with Crippen molar-refractivity contribution in [2.45, 2.75) is 57.0 Å². The van der Waals surface area contributed by atoms with E-state index in [1.165, 1.54) is 6.07 Å². The summed E-state index contributed by atoms with van der Waals surface area (Å²) >= 11 is 3.31. The maximum absolute atomic E-state index is 12.7. The molecule has 0 bridgehead atoms. The Labute approximate surface area is 135 Å². The molecule has 5 nitrogen and oxygen atoms in total. The summed E-state index contributed by atoms with van der Waals surface area (Å²) in [4.78, 5) is 2.96. The van der Waals surface area contributed by atoms with Gasteiger partial charge in [0.05, 0.1) is 4.90 Å². The van der Waals surface area contributed by atoms with E-state index >= 15 is 0 Å². The van der Waals surface area contributed by atoms with Gasteiger partial charge in [-0.2, -0.15) is 0 Å². The lowest BCUT2D eigenvalue weighted by Gasteiger charge is -2.38. The van der Waals surface area contributed by atoms with Crippen molar-refractivity contribution < 1.29 is 8.42 Å². The van der Waals surface area contributed by atoms with Gasteiger partial charge in [0.25, 0.3) is 10.0 Å². The van der Waals surface area contributed by atoms with E-state index in [-0.39, 0.29) is 17.0 Å². The number of hydrogen-bond donors (Lipinski definition) is 2. The lowest BCUT2D eigenvalue weighted by Crippen LogP contribution is -2.54. The van der Waals surface area contributed by atoms with Crippen molar-refractivity contribution in [3.05, 3.63) is 22.2 Å². The van der Waals surface area contributed by atoms with Crippen LogP contribution in [-0.2, 0) is 10.0 Å². The highest BCUT2D eigenvalue weighted by Crippen LogP contribution is 2.28. The normalized spacial score (nSPS) is 24.2. The zero-order valence-corrected chi connectivity index (χ0v) is 15.0. The van der Waals surface area contributed by atoms with E-state index in [0.29, 0.717) is 15.7 Å². The molecule has 1 saturated heterocycles. The number of benzene rings is 1. The van der Waals surface area contributed by atoms with Crippen LogP contribution >= 0.6 is 15.9 Å². The summed E-state index contributed by atoms with van der Waals surface area (Å²) in [6.45, 7) is 5.85. The first-order chi connectivity index (χ1) is 9.72. The molecular formula is C14H22BrN3O2S. The molecule has 118 valence electrons. The Bertz CT molecular complexity index is 623. The third kappa shape index (κ3) is 3.59. The van der Waals surface area contributed by atoms with Crippen molar-refractivity contribution in [1.29, 1.82) is 0 Å². The van der Waals surface area contributed by atoms with E-state index in [2.05, 4.69) is 20.8 Å². The van der Waals surface area contributed by atoms with Crippen LogP contribution in [0.4, 0.5) is 5.69 Å². The third-order valence-electron chi connectivity index (χ3n) is 4.00. The fourth-order valence-electron chi connectivity index (χ4n) is 2.75. The number of aryl methyl sites for hydroxylation is 1. The number of halogens is 1. The maximum Gasteiger partial charge on any atom is 0.253 e. The number of anilines is 1. The molecule has 7 heteroatoms. The Hall–Kier alpha value is -0.630. The molecular weight excluding hydrogens is 354 g/mol. The van der Waals surface area contributed by atoms with E-state index in [0.717, 1.165) is 19.3 Å². The highest BCUT2D eigenvalue weighted by atomic mass is 79.9.